The van der Waals surface area contributed by atoms with Gasteiger partial charge in [-0.1, -0.05) is 6.07 Å². The number of fused-ring (bicyclic) bond motifs is 1. The van der Waals surface area contributed by atoms with Crippen molar-refractivity contribution >= 4 is 10.9 Å². The van der Waals surface area contributed by atoms with Gasteiger partial charge in [0.05, 0.1) is 23.7 Å². The van der Waals surface area contributed by atoms with Crippen LogP contribution in [-0.4, -0.2) is 16.1 Å². The molecule has 1 heterocycles. The summed E-state index contributed by atoms with van der Waals surface area (Å²) in [5, 5.41) is 0.286. The summed E-state index contributed by atoms with van der Waals surface area (Å²) in [6.45, 7) is 0. The van der Waals surface area contributed by atoms with Crippen LogP contribution in [0.4, 0.5) is 13.2 Å². The predicted molar refractivity (Wildman–Crippen MR) is 52.1 cm³/mol. The van der Waals surface area contributed by atoms with Crippen molar-refractivity contribution in [2.45, 2.75) is 12.6 Å². The highest BCUT2D eigenvalue weighted by molar-refractivity contribution is 5.77. The third-order valence-corrected chi connectivity index (χ3v) is 2.11. The van der Waals surface area contributed by atoms with E-state index in [1.165, 1.54) is 24.5 Å². The quantitative estimate of drug-likeness (QED) is 0.811. The molecule has 0 atom stereocenters. The van der Waals surface area contributed by atoms with Crippen molar-refractivity contribution in [1.82, 2.24) is 9.97 Å². The van der Waals surface area contributed by atoms with E-state index in [-0.39, 0.29) is 22.0 Å². The first-order valence-corrected chi connectivity index (χ1v) is 4.49. The van der Waals surface area contributed by atoms with Gasteiger partial charge in [-0.25, -0.2) is 4.98 Å². The molecule has 0 bridgehead atoms. The molecule has 0 amide bonds. The fourth-order valence-electron chi connectivity index (χ4n) is 1.46. The van der Waals surface area contributed by atoms with E-state index >= 15 is 0 Å². The molecule has 0 fully saturated rings. The van der Waals surface area contributed by atoms with Crippen LogP contribution in [0.15, 0.2) is 29.3 Å². The Morgan fingerprint density at radius 1 is 1.31 bits per heavy atom. The molecule has 0 aliphatic rings. The first-order chi connectivity index (χ1) is 7.46. The second kappa shape index (κ2) is 3.62. The van der Waals surface area contributed by atoms with Crippen LogP contribution in [0.3, 0.4) is 0 Å². The molecule has 1 aromatic carbocycles. The molecule has 0 saturated heterocycles. The maximum Gasteiger partial charge on any atom is 0.393 e. The normalized spacial score (nSPS) is 11.9. The van der Waals surface area contributed by atoms with Gasteiger partial charge in [0.25, 0.3) is 5.56 Å². The number of nitrogens with one attached hydrogen (secondary N) is 1. The van der Waals surface area contributed by atoms with Crippen LogP contribution in [0, 0.1) is 0 Å². The number of hydrogen-bond acceptors (Lipinski definition) is 2. The third kappa shape index (κ3) is 2.21. The minimum absolute atomic E-state index is 0.0955. The molecule has 6 heteroatoms. The molecular weight excluding hydrogens is 221 g/mol. The number of benzene rings is 1. The number of aromatic nitrogens is 2. The number of nitrogens with zero attached hydrogens (tertiary/aromatic N) is 1. The van der Waals surface area contributed by atoms with Crippen LogP contribution in [0.1, 0.15) is 5.56 Å². The Labute approximate surface area is 87.9 Å². The highest BCUT2D eigenvalue weighted by Crippen LogP contribution is 2.22. The zero-order valence-corrected chi connectivity index (χ0v) is 8.01. The molecule has 84 valence electrons. The van der Waals surface area contributed by atoms with E-state index in [0.717, 1.165) is 0 Å². The maximum absolute atomic E-state index is 12.1. The van der Waals surface area contributed by atoms with Crippen molar-refractivity contribution in [3.05, 3.63) is 40.4 Å². The second-order valence-corrected chi connectivity index (χ2v) is 3.38. The van der Waals surface area contributed by atoms with E-state index in [4.69, 9.17) is 0 Å². The molecule has 1 aromatic heterocycles. The van der Waals surface area contributed by atoms with Gasteiger partial charge < -0.3 is 4.98 Å². The third-order valence-electron chi connectivity index (χ3n) is 2.11. The highest BCUT2D eigenvalue weighted by atomic mass is 19.4. The van der Waals surface area contributed by atoms with E-state index in [1.54, 1.807) is 0 Å². The lowest BCUT2D eigenvalue weighted by atomic mass is 10.1. The Balaban J connectivity index is 2.49. The molecule has 0 unspecified atom stereocenters. The smallest absolute Gasteiger partial charge is 0.313 e. The number of alkyl halides is 3. The minimum Gasteiger partial charge on any atom is -0.313 e. The van der Waals surface area contributed by atoms with Gasteiger partial charge in [-0.15, -0.1) is 0 Å². The Bertz CT molecular complexity index is 574. The van der Waals surface area contributed by atoms with Crippen LogP contribution in [0.25, 0.3) is 10.9 Å². The van der Waals surface area contributed by atoms with Gasteiger partial charge >= 0.3 is 6.18 Å². The molecule has 0 aliphatic carbocycles. The van der Waals surface area contributed by atoms with Gasteiger partial charge in [-0.2, -0.15) is 13.2 Å². The van der Waals surface area contributed by atoms with Gasteiger partial charge in [0.2, 0.25) is 0 Å². The van der Waals surface area contributed by atoms with E-state index in [0.29, 0.717) is 0 Å². The van der Waals surface area contributed by atoms with Gasteiger partial charge in [0.1, 0.15) is 0 Å². The number of aromatic amines is 1. The second-order valence-electron chi connectivity index (χ2n) is 3.38. The summed E-state index contributed by atoms with van der Waals surface area (Å²) in [5.74, 6) is 0. The number of H-pyrrole nitrogens is 1. The van der Waals surface area contributed by atoms with Gasteiger partial charge in [0.15, 0.2) is 0 Å². The standard InChI is InChI=1S/C10H7F3N2O/c11-10(12,13)4-6-1-2-7-8(3-6)14-5-15-9(7)16/h1-3,5H,4H2,(H,14,15,16). The minimum atomic E-state index is -4.26. The van der Waals surface area contributed by atoms with Crippen molar-refractivity contribution in [2.24, 2.45) is 0 Å². The van der Waals surface area contributed by atoms with Crippen LogP contribution < -0.4 is 5.56 Å². The molecule has 0 radical (unpaired) electrons. The van der Waals surface area contributed by atoms with Gasteiger partial charge in [0, 0.05) is 0 Å². The van der Waals surface area contributed by atoms with Crippen LogP contribution in [0.5, 0.6) is 0 Å². The molecule has 2 aromatic rings. The lowest BCUT2D eigenvalue weighted by Gasteiger charge is -2.06. The number of halogens is 3. The summed E-state index contributed by atoms with van der Waals surface area (Å²) >= 11 is 0. The Morgan fingerprint density at radius 3 is 2.75 bits per heavy atom. The molecule has 3 nitrogen and oxygen atoms in total. The van der Waals surface area contributed by atoms with E-state index < -0.39 is 12.6 Å². The summed E-state index contributed by atoms with van der Waals surface area (Å²) in [5.41, 5.74) is 0.00663. The van der Waals surface area contributed by atoms with Crippen molar-refractivity contribution in [3.8, 4) is 0 Å². The molecular formula is C10H7F3N2O. The van der Waals surface area contributed by atoms with Crippen molar-refractivity contribution in [3.63, 3.8) is 0 Å². The first-order valence-electron chi connectivity index (χ1n) is 4.49. The average molecular weight is 228 g/mol. The van der Waals surface area contributed by atoms with E-state index in [2.05, 4.69) is 9.97 Å². The zero-order valence-electron chi connectivity index (χ0n) is 8.01. The largest absolute Gasteiger partial charge is 0.393 e. The predicted octanol–water partition coefficient (Wildman–Crippen LogP) is 2.03. The highest BCUT2D eigenvalue weighted by Gasteiger charge is 2.27. The van der Waals surface area contributed by atoms with Crippen molar-refractivity contribution in [1.29, 1.82) is 0 Å². The molecule has 16 heavy (non-hydrogen) atoms. The van der Waals surface area contributed by atoms with Crippen molar-refractivity contribution < 1.29 is 13.2 Å². The van der Waals surface area contributed by atoms with E-state index in [1.807, 2.05) is 0 Å². The molecule has 0 spiro atoms. The molecule has 1 N–H and O–H groups in total. The van der Waals surface area contributed by atoms with Crippen LogP contribution in [-0.2, 0) is 6.42 Å². The van der Waals surface area contributed by atoms with E-state index in [9.17, 15) is 18.0 Å². The topological polar surface area (TPSA) is 45.8 Å². The maximum atomic E-state index is 12.1. The number of hydrogen-bond donors (Lipinski definition) is 1. The van der Waals surface area contributed by atoms with Gasteiger partial charge in [-0.05, 0) is 17.7 Å². The first kappa shape index (κ1) is 10.7. The monoisotopic (exact) mass is 228 g/mol. The summed E-state index contributed by atoms with van der Waals surface area (Å²) in [6, 6.07) is 3.91. The Morgan fingerprint density at radius 2 is 2.06 bits per heavy atom. The summed E-state index contributed by atoms with van der Waals surface area (Å²) in [6.07, 6.45) is -4.10. The summed E-state index contributed by atoms with van der Waals surface area (Å²) in [4.78, 5) is 17.4. The number of rotatable bonds is 1. The van der Waals surface area contributed by atoms with Crippen LogP contribution >= 0.6 is 0 Å². The van der Waals surface area contributed by atoms with Crippen molar-refractivity contribution in [2.75, 3.05) is 0 Å². The summed E-state index contributed by atoms with van der Waals surface area (Å²) in [7, 11) is 0. The van der Waals surface area contributed by atoms with Crippen LogP contribution in [0.2, 0.25) is 0 Å². The average Bonchev–Trinajstić information content (AvgIpc) is 2.15. The molecule has 2 rings (SSSR count). The Kier molecular flexibility index (Phi) is 2.41. The fourth-order valence-corrected chi connectivity index (χ4v) is 1.46. The lowest BCUT2D eigenvalue weighted by molar-refractivity contribution is -0.127. The fraction of sp³-hybridized carbons (Fsp3) is 0.200. The summed E-state index contributed by atoms with van der Waals surface area (Å²) < 4.78 is 36.4. The molecule has 0 aliphatic heterocycles. The SMILES string of the molecule is O=c1[nH]cnc2cc(CC(F)(F)F)ccc12. The van der Waals surface area contributed by atoms with Gasteiger partial charge in [-0.3, -0.25) is 4.79 Å². The lowest BCUT2D eigenvalue weighted by Crippen LogP contribution is -2.12. The molecule has 0 saturated carbocycles. The Hall–Kier alpha value is -1.85. The zero-order chi connectivity index (χ0) is 11.8.